The zero-order valence-electron chi connectivity index (χ0n) is 14.6. The normalized spacial score (nSPS) is 27.4. The first-order chi connectivity index (χ1) is 11.0. The van der Waals surface area contributed by atoms with E-state index < -0.39 is 11.6 Å². The molecule has 1 N–H and O–H groups in total. The Morgan fingerprint density at radius 2 is 1.91 bits per heavy atom. The number of imide groups is 1. The van der Waals surface area contributed by atoms with Gasteiger partial charge in [0.25, 0.3) is 5.91 Å². The number of amides is 4. The Morgan fingerprint density at radius 1 is 1.26 bits per heavy atom. The molecule has 4 amide bonds. The van der Waals surface area contributed by atoms with Crippen LogP contribution in [-0.2, 0) is 9.59 Å². The molecule has 1 saturated heterocycles. The van der Waals surface area contributed by atoms with Crippen molar-refractivity contribution in [1.82, 2.24) is 15.1 Å². The number of nitrogens with one attached hydrogen (secondary N) is 1. The molecule has 2 aliphatic rings. The summed E-state index contributed by atoms with van der Waals surface area (Å²) in [4.78, 5) is 40.5. The monoisotopic (exact) mass is 323 g/mol. The summed E-state index contributed by atoms with van der Waals surface area (Å²) in [7, 11) is 0. The lowest BCUT2D eigenvalue weighted by molar-refractivity contribution is -0.140. The summed E-state index contributed by atoms with van der Waals surface area (Å²) < 4.78 is 0. The van der Waals surface area contributed by atoms with Crippen molar-refractivity contribution in [3.05, 3.63) is 0 Å². The molecule has 1 aliphatic heterocycles. The fourth-order valence-corrected chi connectivity index (χ4v) is 3.78. The molecule has 130 valence electrons. The molecule has 23 heavy (non-hydrogen) atoms. The van der Waals surface area contributed by atoms with Gasteiger partial charge >= 0.3 is 6.03 Å². The number of carbonyl (C=O) groups is 3. The van der Waals surface area contributed by atoms with Gasteiger partial charge in [-0.25, -0.2) is 4.79 Å². The highest BCUT2D eigenvalue weighted by Crippen LogP contribution is 2.38. The van der Waals surface area contributed by atoms with Crippen LogP contribution in [0.3, 0.4) is 0 Å². The first-order valence-corrected chi connectivity index (χ1v) is 8.88. The van der Waals surface area contributed by atoms with Crippen molar-refractivity contribution in [2.24, 2.45) is 5.92 Å². The van der Waals surface area contributed by atoms with Gasteiger partial charge in [0.2, 0.25) is 5.91 Å². The maximum absolute atomic E-state index is 12.8. The number of carbonyl (C=O) groups excluding carboxylic acids is 3. The van der Waals surface area contributed by atoms with E-state index in [2.05, 4.69) is 5.32 Å². The standard InChI is InChI=1S/C17H29N3O3/c1-4-10-19(11-5-2)14(21)12-20-15(22)17(18-16(20)23)9-7-6-8-13(17)3/h13H,4-12H2,1-3H3,(H,18,23). The summed E-state index contributed by atoms with van der Waals surface area (Å²) in [6.07, 6.45) is 5.38. The van der Waals surface area contributed by atoms with E-state index in [1.54, 1.807) is 4.90 Å². The maximum atomic E-state index is 12.8. The first kappa shape index (κ1) is 17.8. The molecule has 6 heteroatoms. The third-order valence-electron chi connectivity index (χ3n) is 5.13. The number of nitrogens with zero attached hydrogens (tertiary/aromatic N) is 2. The predicted octanol–water partition coefficient (Wildman–Crippen LogP) is 2.14. The average molecular weight is 323 g/mol. The molecule has 0 bridgehead atoms. The average Bonchev–Trinajstić information content (AvgIpc) is 2.75. The van der Waals surface area contributed by atoms with Crippen molar-refractivity contribution >= 4 is 17.8 Å². The molecule has 1 aliphatic carbocycles. The summed E-state index contributed by atoms with van der Waals surface area (Å²) in [6.45, 7) is 7.24. The van der Waals surface area contributed by atoms with E-state index in [9.17, 15) is 14.4 Å². The minimum Gasteiger partial charge on any atom is -0.341 e. The second kappa shape index (κ2) is 7.32. The van der Waals surface area contributed by atoms with E-state index in [-0.39, 0.29) is 24.3 Å². The first-order valence-electron chi connectivity index (χ1n) is 8.88. The second-order valence-electron chi connectivity index (χ2n) is 6.82. The van der Waals surface area contributed by atoms with Crippen molar-refractivity contribution in [2.45, 2.75) is 64.8 Å². The van der Waals surface area contributed by atoms with Crippen LogP contribution in [0.4, 0.5) is 4.79 Å². The SMILES string of the molecule is CCCN(CCC)C(=O)CN1C(=O)NC2(CCCCC2C)C1=O. The fourth-order valence-electron chi connectivity index (χ4n) is 3.78. The van der Waals surface area contributed by atoms with E-state index >= 15 is 0 Å². The van der Waals surface area contributed by atoms with Crippen LogP contribution in [0.2, 0.25) is 0 Å². The quantitative estimate of drug-likeness (QED) is 0.761. The number of hydrogen-bond acceptors (Lipinski definition) is 3. The Labute approximate surface area is 138 Å². The van der Waals surface area contributed by atoms with Crippen LogP contribution in [0.25, 0.3) is 0 Å². The molecule has 0 aromatic carbocycles. The van der Waals surface area contributed by atoms with Gasteiger partial charge in [-0.1, -0.05) is 33.6 Å². The Morgan fingerprint density at radius 3 is 2.48 bits per heavy atom. The smallest absolute Gasteiger partial charge is 0.325 e. The van der Waals surface area contributed by atoms with Gasteiger partial charge in [-0.3, -0.25) is 14.5 Å². The zero-order chi connectivity index (χ0) is 17.0. The molecule has 2 atom stereocenters. The highest BCUT2D eigenvalue weighted by Gasteiger charge is 2.55. The predicted molar refractivity (Wildman–Crippen MR) is 87.8 cm³/mol. The lowest BCUT2D eigenvalue weighted by atomic mass is 9.73. The van der Waals surface area contributed by atoms with Crippen LogP contribution >= 0.6 is 0 Å². The van der Waals surface area contributed by atoms with Crippen LogP contribution in [0.1, 0.15) is 59.3 Å². The molecule has 1 spiro atoms. The summed E-state index contributed by atoms with van der Waals surface area (Å²) in [6, 6.07) is -0.412. The van der Waals surface area contributed by atoms with Crippen LogP contribution in [0.15, 0.2) is 0 Å². The van der Waals surface area contributed by atoms with E-state index in [1.807, 2.05) is 20.8 Å². The minimum absolute atomic E-state index is 0.121. The van der Waals surface area contributed by atoms with Gasteiger partial charge in [0, 0.05) is 13.1 Å². The van der Waals surface area contributed by atoms with Gasteiger partial charge < -0.3 is 10.2 Å². The second-order valence-corrected chi connectivity index (χ2v) is 6.82. The molecule has 1 saturated carbocycles. The minimum atomic E-state index is -0.782. The molecule has 2 rings (SSSR count). The van der Waals surface area contributed by atoms with Gasteiger partial charge in [-0.05, 0) is 31.6 Å². The lowest BCUT2D eigenvalue weighted by Gasteiger charge is -2.36. The Hall–Kier alpha value is -1.59. The Balaban J connectivity index is 2.09. The maximum Gasteiger partial charge on any atom is 0.325 e. The van der Waals surface area contributed by atoms with Crippen LogP contribution in [0, 0.1) is 5.92 Å². The molecular weight excluding hydrogens is 294 g/mol. The van der Waals surface area contributed by atoms with Gasteiger partial charge in [0.15, 0.2) is 0 Å². The van der Waals surface area contributed by atoms with Crippen LogP contribution < -0.4 is 5.32 Å². The highest BCUT2D eigenvalue weighted by molar-refractivity contribution is 6.09. The fraction of sp³-hybridized carbons (Fsp3) is 0.824. The molecule has 6 nitrogen and oxygen atoms in total. The Bertz CT molecular complexity index is 474. The van der Waals surface area contributed by atoms with Crippen LogP contribution in [0.5, 0.6) is 0 Å². The highest BCUT2D eigenvalue weighted by atomic mass is 16.2. The largest absolute Gasteiger partial charge is 0.341 e. The summed E-state index contributed by atoms with van der Waals surface area (Å²) in [5.74, 6) is -0.233. The van der Waals surface area contributed by atoms with E-state index in [0.717, 1.165) is 37.0 Å². The number of urea groups is 1. The lowest BCUT2D eigenvalue weighted by Crippen LogP contribution is -2.54. The molecule has 2 unspecified atom stereocenters. The van der Waals surface area contributed by atoms with Crippen LogP contribution in [-0.4, -0.2) is 52.8 Å². The zero-order valence-corrected chi connectivity index (χ0v) is 14.6. The van der Waals surface area contributed by atoms with E-state index in [4.69, 9.17) is 0 Å². The topological polar surface area (TPSA) is 69.7 Å². The molecule has 0 aromatic rings. The molecule has 2 fully saturated rings. The van der Waals surface area contributed by atoms with Gasteiger partial charge in [-0.15, -0.1) is 0 Å². The van der Waals surface area contributed by atoms with Crippen molar-refractivity contribution in [1.29, 1.82) is 0 Å². The third-order valence-corrected chi connectivity index (χ3v) is 5.13. The summed E-state index contributed by atoms with van der Waals surface area (Å²) in [5, 5.41) is 2.89. The molecular formula is C17H29N3O3. The van der Waals surface area contributed by atoms with Crippen molar-refractivity contribution < 1.29 is 14.4 Å². The van der Waals surface area contributed by atoms with Crippen molar-refractivity contribution in [3.8, 4) is 0 Å². The van der Waals surface area contributed by atoms with Crippen molar-refractivity contribution in [3.63, 3.8) is 0 Å². The summed E-state index contributed by atoms with van der Waals surface area (Å²) >= 11 is 0. The number of rotatable bonds is 6. The van der Waals surface area contributed by atoms with Gasteiger partial charge in [0.05, 0.1) is 0 Å². The summed E-state index contributed by atoms with van der Waals surface area (Å²) in [5.41, 5.74) is -0.782. The number of hydrogen-bond donors (Lipinski definition) is 1. The van der Waals surface area contributed by atoms with E-state index in [0.29, 0.717) is 19.5 Å². The molecule has 1 heterocycles. The molecule has 0 radical (unpaired) electrons. The molecule has 0 aromatic heterocycles. The Kier molecular flexibility index (Phi) is 5.65. The van der Waals surface area contributed by atoms with Gasteiger partial charge in [-0.2, -0.15) is 0 Å². The van der Waals surface area contributed by atoms with Gasteiger partial charge in [0.1, 0.15) is 12.1 Å². The van der Waals surface area contributed by atoms with E-state index in [1.165, 1.54) is 0 Å². The third kappa shape index (κ3) is 3.35. The van der Waals surface area contributed by atoms with Crippen molar-refractivity contribution in [2.75, 3.05) is 19.6 Å².